The Bertz CT molecular complexity index is 553. The van der Waals surface area contributed by atoms with Crippen LogP contribution in [0.5, 0.6) is 0 Å². The fourth-order valence-corrected chi connectivity index (χ4v) is 2.41. The minimum Gasteiger partial charge on any atom is -0.396 e. The smallest absolute Gasteiger partial charge is 0.138 e. The number of aliphatic hydroxyl groups is 1. The molecule has 4 heteroatoms. The number of H-pyrrole nitrogens is 1. The van der Waals surface area contributed by atoms with Crippen molar-refractivity contribution in [2.24, 2.45) is 0 Å². The van der Waals surface area contributed by atoms with Crippen LogP contribution in [0, 0.1) is 0 Å². The third-order valence-electron chi connectivity index (χ3n) is 3.11. The Hall–Kier alpha value is -1.13. The number of hydrogen-bond acceptors (Lipinski definition) is 2. The van der Waals surface area contributed by atoms with Gasteiger partial charge in [-0.3, -0.25) is 0 Å². The van der Waals surface area contributed by atoms with Crippen LogP contribution >= 0.6 is 15.9 Å². The number of aliphatic hydroxyl groups excluding tert-OH is 1. The molecule has 0 aliphatic rings. The second-order valence-corrected chi connectivity index (χ2v) is 6.41. The van der Waals surface area contributed by atoms with Crippen LogP contribution in [0.15, 0.2) is 28.9 Å². The molecule has 0 radical (unpaired) electrons. The first-order valence-corrected chi connectivity index (χ1v) is 7.17. The summed E-state index contributed by atoms with van der Waals surface area (Å²) in [4.78, 5) is 7.68. The molecular weight excluding hydrogens is 304 g/mol. The molecule has 1 aromatic heterocycles. The lowest BCUT2D eigenvalue weighted by Gasteiger charge is -2.18. The van der Waals surface area contributed by atoms with Crippen LogP contribution in [0.3, 0.4) is 0 Å². The van der Waals surface area contributed by atoms with Gasteiger partial charge in [0, 0.05) is 18.6 Å². The highest BCUT2D eigenvalue weighted by Crippen LogP contribution is 2.26. The summed E-state index contributed by atoms with van der Waals surface area (Å²) in [6.07, 6.45) is 0.577. The molecule has 3 nitrogen and oxygen atoms in total. The summed E-state index contributed by atoms with van der Waals surface area (Å²) in [6, 6.07) is 8.43. The van der Waals surface area contributed by atoms with Crippen LogP contribution in [-0.2, 0) is 11.8 Å². The highest BCUT2D eigenvalue weighted by Gasteiger charge is 2.14. The van der Waals surface area contributed by atoms with Crippen molar-refractivity contribution in [3.05, 3.63) is 40.1 Å². The van der Waals surface area contributed by atoms with Gasteiger partial charge in [-0.2, -0.15) is 0 Å². The molecular formula is C15H19BrN2O. The fraction of sp³-hybridized carbons (Fsp3) is 0.400. The number of halogens is 1. The van der Waals surface area contributed by atoms with Crippen molar-refractivity contribution in [1.82, 2.24) is 9.97 Å². The van der Waals surface area contributed by atoms with Gasteiger partial charge in [0.1, 0.15) is 10.4 Å². The van der Waals surface area contributed by atoms with Crippen LogP contribution in [0.25, 0.3) is 11.4 Å². The van der Waals surface area contributed by atoms with Gasteiger partial charge in [-0.25, -0.2) is 4.98 Å². The summed E-state index contributed by atoms with van der Waals surface area (Å²) >= 11 is 3.41. The van der Waals surface area contributed by atoms with E-state index in [1.54, 1.807) is 0 Å². The van der Waals surface area contributed by atoms with Crippen LogP contribution in [-0.4, -0.2) is 21.7 Å². The van der Waals surface area contributed by atoms with E-state index < -0.39 is 0 Å². The molecule has 0 amide bonds. The molecule has 0 saturated carbocycles. The van der Waals surface area contributed by atoms with Gasteiger partial charge in [0.15, 0.2) is 0 Å². The molecule has 2 N–H and O–H groups in total. The van der Waals surface area contributed by atoms with Crippen LogP contribution in [0.1, 0.15) is 32.0 Å². The van der Waals surface area contributed by atoms with E-state index in [0.717, 1.165) is 21.7 Å². The van der Waals surface area contributed by atoms with E-state index in [2.05, 4.69) is 70.9 Å². The van der Waals surface area contributed by atoms with Gasteiger partial charge in [0.05, 0.1) is 5.69 Å². The maximum atomic E-state index is 8.98. The van der Waals surface area contributed by atoms with Crippen LogP contribution in [0.2, 0.25) is 0 Å². The van der Waals surface area contributed by atoms with E-state index in [1.165, 1.54) is 5.56 Å². The lowest BCUT2D eigenvalue weighted by molar-refractivity contribution is 0.298. The molecule has 1 heterocycles. The first-order chi connectivity index (χ1) is 8.91. The first kappa shape index (κ1) is 14.3. The van der Waals surface area contributed by atoms with Crippen molar-refractivity contribution in [3.63, 3.8) is 0 Å². The van der Waals surface area contributed by atoms with E-state index in [-0.39, 0.29) is 12.0 Å². The number of nitrogens with zero attached hydrogens (tertiary/aromatic N) is 1. The molecule has 2 rings (SSSR count). The van der Waals surface area contributed by atoms with Crippen molar-refractivity contribution < 1.29 is 5.11 Å². The van der Waals surface area contributed by atoms with E-state index in [4.69, 9.17) is 5.11 Å². The fourth-order valence-electron chi connectivity index (χ4n) is 1.93. The number of nitrogens with one attached hydrogen (secondary N) is 1. The zero-order chi connectivity index (χ0) is 14.0. The third-order valence-corrected chi connectivity index (χ3v) is 3.77. The van der Waals surface area contributed by atoms with Crippen molar-refractivity contribution in [3.8, 4) is 11.4 Å². The molecule has 0 bridgehead atoms. The Kier molecular flexibility index (Phi) is 4.11. The number of benzene rings is 1. The lowest BCUT2D eigenvalue weighted by atomic mass is 9.87. The van der Waals surface area contributed by atoms with E-state index in [1.807, 2.05) is 0 Å². The highest BCUT2D eigenvalue weighted by atomic mass is 79.9. The maximum Gasteiger partial charge on any atom is 0.138 e. The Morgan fingerprint density at radius 2 is 1.84 bits per heavy atom. The minimum atomic E-state index is 0.114. The normalized spacial score (nSPS) is 11.8. The topological polar surface area (TPSA) is 48.9 Å². The second-order valence-electron chi connectivity index (χ2n) is 5.66. The van der Waals surface area contributed by atoms with Gasteiger partial charge >= 0.3 is 0 Å². The quantitative estimate of drug-likeness (QED) is 0.905. The van der Waals surface area contributed by atoms with Gasteiger partial charge < -0.3 is 10.1 Å². The Labute approximate surface area is 122 Å². The molecule has 0 saturated heterocycles. The summed E-state index contributed by atoms with van der Waals surface area (Å²) in [7, 11) is 0. The average molecular weight is 323 g/mol. The predicted molar refractivity (Wildman–Crippen MR) is 81.2 cm³/mol. The van der Waals surface area contributed by atoms with Crippen LogP contribution < -0.4 is 0 Å². The molecule has 1 aromatic carbocycles. The summed E-state index contributed by atoms with van der Waals surface area (Å²) in [5.41, 5.74) is 3.44. The van der Waals surface area contributed by atoms with Crippen LogP contribution in [0.4, 0.5) is 0 Å². The maximum absolute atomic E-state index is 8.98. The standard InChI is InChI=1S/C15H19BrN2O/c1-15(2,3)11-6-4-10(5-7-11)14-17-12(8-9-19)13(16)18-14/h4-7,19H,8-9H2,1-3H3,(H,17,18). The Morgan fingerprint density at radius 3 is 2.37 bits per heavy atom. The number of imidazole rings is 1. The van der Waals surface area contributed by atoms with E-state index in [9.17, 15) is 0 Å². The number of aromatic amines is 1. The largest absolute Gasteiger partial charge is 0.396 e. The number of aromatic nitrogens is 2. The number of rotatable bonds is 3. The second kappa shape index (κ2) is 5.47. The summed E-state index contributed by atoms with van der Waals surface area (Å²) in [5, 5.41) is 8.98. The minimum absolute atomic E-state index is 0.114. The monoisotopic (exact) mass is 322 g/mol. The molecule has 0 spiro atoms. The molecule has 0 fully saturated rings. The zero-order valence-electron chi connectivity index (χ0n) is 11.5. The number of hydrogen-bond donors (Lipinski definition) is 2. The SMILES string of the molecule is CC(C)(C)c1ccc(-c2nc(Br)c(CCO)[nH]2)cc1. The lowest BCUT2D eigenvalue weighted by Crippen LogP contribution is -2.10. The van der Waals surface area contributed by atoms with Crippen molar-refractivity contribution in [2.75, 3.05) is 6.61 Å². The molecule has 2 aromatic rings. The summed E-state index contributed by atoms with van der Waals surface area (Å²) < 4.78 is 0.774. The molecule has 102 valence electrons. The molecule has 0 atom stereocenters. The van der Waals surface area contributed by atoms with Gasteiger partial charge in [-0.05, 0) is 26.9 Å². The van der Waals surface area contributed by atoms with Gasteiger partial charge in [-0.15, -0.1) is 0 Å². The molecule has 0 unspecified atom stereocenters. The van der Waals surface area contributed by atoms with Gasteiger partial charge in [0.25, 0.3) is 0 Å². The van der Waals surface area contributed by atoms with Gasteiger partial charge in [0.2, 0.25) is 0 Å². The molecule has 19 heavy (non-hydrogen) atoms. The molecule has 0 aliphatic heterocycles. The van der Waals surface area contributed by atoms with Crippen molar-refractivity contribution in [2.45, 2.75) is 32.6 Å². The average Bonchev–Trinajstić information content (AvgIpc) is 2.71. The van der Waals surface area contributed by atoms with E-state index in [0.29, 0.717) is 6.42 Å². The van der Waals surface area contributed by atoms with E-state index >= 15 is 0 Å². The molecule has 0 aliphatic carbocycles. The summed E-state index contributed by atoms with van der Waals surface area (Å²) in [5.74, 6) is 0.829. The first-order valence-electron chi connectivity index (χ1n) is 6.38. The zero-order valence-corrected chi connectivity index (χ0v) is 13.1. The summed E-state index contributed by atoms with van der Waals surface area (Å²) in [6.45, 7) is 6.71. The Morgan fingerprint density at radius 1 is 1.21 bits per heavy atom. The van der Waals surface area contributed by atoms with Crippen molar-refractivity contribution >= 4 is 15.9 Å². The highest BCUT2D eigenvalue weighted by molar-refractivity contribution is 9.10. The van der Waals surface area contributed by atoms with Crippen molar-refractivity contribution in [1.29, 1.82) is 0 Å². The van der Waals surface area contributed by atoms with Gasteiger partial charge in [-0.1, -0.05) is 45.0 Å². The Balaban J connectivity index is 2.30. The third kappa shape index (κ3) is 3.25. The predicted octanol–water partition coefficient (Wildman–Crippen LogP) is 3.67.